The van der Waals surface area contributed by atoms with Gasteiger partial charge in [0.1, 0.15) is 6.10 Å². The molecular weight excluding hydrogens is 284 g/mol. The van der Waals surface area contributed by atoms with Gasteiger partial charge in [0.2, 0.25) is 0 Å². The van der Waals surface area contributed by atoms with Crippen LogP contribution >= 0.6 is 0 Å². The average Bonchev–Trinajstić information content (AvgIpc) is 2.58. The van der Waals surface area contributed by atoms with E-state index in [-0.39, 0.29) is 12.1 Å². The van der Waals surface area contributed by atoms with Crippen LogP contribution in [0, 0.1) is 0 Å². The molecule has 0 amide bonds. The van der Waals surface area contributed by atoms with Crippen molar-refractivity contribution in [3.8, 4) is 0 Å². The lowest BCUT2D eigenvalue weighted by Gasteiger charge is -2.12. The highest BCUT2D eigenvalue weighted by molar-refractivity contribution is 5.66. The van der Waals surface area contributed by atoms with E-state index in [1.807, 2.05) is 72.8 Å². The third-order valence-corrected chi connectivity index (χ3v) is 3.40. The van der Waals surface area contributed by atoms with Crippen LogP contribution in [0.5, 0.6) is 0 Å². The summed E-state index contributed by atoms with van der Waals surface area (Å²) in [5, 5.41) is 0. The molecule has 0 unspecified atom stereocenters. The Morgan fingerprint density at radius 1 is 1.00 bits per heavy atom. The van der Waals surface area contributed by atoms with Gasteiger partial charge in [0.05, 0.1) is 0 Å². The zero-order valence-corrected chi connectivity index (χ0v) is 13.4. The standard InChI is InChI=1S/C21H22O2/c1-18(22)23-21(17-16-20-12-6-3-7-13-20)15-9-8-14-19-10-4-2-5-11-19/h2-15,21H,16-17H2,1H3/b14-8+,15-9+/t21-/m0/s1. The molecule has 0 aromatic heterocycles. The van der Waals surface area contributed by atoms with Crippen molar-refractivity contribution in [2.45, 2.75) is 25.9 Å². The van der Waals surface area contributed by atoms with Gasteiger partial charge in [0, 0.05) is 6.92 Å². The van der Waals surface area contributed by atoms with Crippen molar-refractivity contribution in [2.24, 2.45) is 0 Å². The number of hydrogen-bond donors (Lipinski definition) is 0. The van der Waals surface area contributed by atoms with Crippen molar-refractivity contribution >= 4 is 12.0 Å². The van der Waals surface area contributed by atoms with E-state index >= 15 is 0 Å². The minimum Gasteiger partial charge on any atom is -0.458 e. The third-order valence-electron chi connectivity index (χ3n) is 3.40. The monoisotopic (exact) mass is 306 g/mol. The number of carbonyl (C=O) groups is 1. The molecular formula is C21H22O2. The molecule has 2 aromatic rings. The summed E-state index contributed by atoms with van der Waals surface area (Å²) in [5.41, 5.74) is 2.39. The van der Waals surface area contributed by atoms with Gasteiger partial charge in [-0.05, 0) is 30.0 Å². The fraction of sp³-hybridized carbons (Fsp3) is 0.190. The van der Waals surface area contributed by atoms with E-state index in [1.54, 1.807) is 0 Å². The predicted molar refractivity (Wildman–Crippen MR) is 94.9 cm³/mol. The van der Waals surface area contributed by atoms with Crippen LogP contribution in [0.4, 0.5) is 0 Å². The Balaban J connectivity index is 1.91. The molecule has 0 aliphatic carbocycles. The van der Waals surface area contributed by atoms with Crippen molar-refractivity contribution in [3.63, 3.8) is 0 Å². The highest BCUT2D eigenvalue weighted by atomic mass is 16.5. The second kappa shape index (κ2) is 9.42. The van der Waals surface area contributed by atoms with Gasteiger partial charge in [-0.15, -0.1) is 0 Å². The molecule has 2 aromatic carbocycles. The Labute approximate surface area is 138 Å². The number of hydrogen-bond acceptors (Lipinski definition) is 2. The minimum absolute atomic E-state index is 0.201. The van der Waals surface area contributed by atoms with Crippen LogP contribution in [0.1, 0.15) is 24.5 Å². The van der Waals surface area contributed by atoms with E-state index in [2.05, 4.69) is 12.1 Å². The summed E-state index contributed by atoms with van der Waals surface area (Å²) in [4.78, 5) is 11.2. The smallest absolute Gasteiger partial charge is 0.303 e. The first kappa shape index (κ1) is 16.8. The summed E-state index contributed by atoms with van der Waals surface area (Å²) in [6, 6.07) is 20.3. The van der Waals surface area contributed by atoms with E-state index < -0.39 is 0 Å². The normalized spacial score (nSPS) is 12.6. The van der Waals surface area contributed by atoms with Crippen LogP contribution in [0.15, 0.2) is 78.9 Å². The average molecular weight is 306 g/mol. The van der Waals surface area contributed by atoms with Crippen LogP contribution in [0.2, 0.25) is 0 Å². The second-order valence-electron chi connectivity index (χ2n) is 5.33. The number of esters is 1. The van der Waals surface area contributed by atoms with Crippen LogP contribution < -0.4 is 0 Å². The summed E-state index contributed by atoms with van der Waals surface area (Å²) in [6.07, 6.45) is 9.32. The van der Waals surface area contributed by atoms with E-state index in [9.17, 15) is 4.79 Å². The lowest BCUT2D eigenvalue weighted by molar-refractivity contribution is -0.144. The lowest BCUT2D eigenvalue weighted by Crippen LogP contribution is -2.14. The summed E-state index contributed by atoms with van der Waals surface area (Å²) in [6.45, 7) is 1.45. The van der Waals surface area contributed by atoms with Gasteiger partial charge in [0.25, 0.3) is 0 Å². The molecule has 0 heterocycles. The van der Waals surface area contributed by atoms with E-state index in [4.69, 9.17) is 4.74 Å². The lowest BCUT2D eigenvalue weighted by atomic mass is 10.1. The SMILES string of the molecule is CC(=O)O[C@@H](/C=C/C=C/c1ccccc1)CCc1ccccc1. The molecule has 0 bridgehead atoms. The van der Waals surface area contributed by atoms with Crippen LogP contribution in [-0.4, -0.2) is 12.1 Å². The number of rotatable bonds is 7. The van der Waals surface area contributed by atoms with Crippen molar-refractivity contribution < 1.29 is 9.53 Å². The molecule has 0 fully saturated rings. The largest absolute Gasteiger partial charge is 0.458 e. The quantitative estimate of drug-likeness (QED) is 0.541. The number of benzene rings is 2. The fourth-order valence-corrected chi connectivity index (χ4v) is 2.28. The zero-order chi connectivity index (χ0) is 16.3. The Morgan fingerprint density at radius 2 is 1.65 bits per heavy atom. The van der Waals surface area contributed by atoms with Gasteiger partial charge in [-0.2, -0.15) is 0 Å². The first-order valence-corrected chi connectivity index (χ1v) is 7.85. The van der Waals surface area contributed by atoms with Gasteiger partial charge in [0.15, 0.2) is 0 Å². The highest BCUT2D eigenvalue weighted by Crippen LogP contribution is 2.09. The van der Waals surface area contributed by atoms with Crippen LogP contribution in [-0.2, 0) is 16.0 Å². The maximum atomic E-state index is 11.2. The molecule has 0 radical (unpaired) electrons. The van der Waals surface area contributed by atoms with Crippen molar-refractivity contribution in [1.29, 1.82) is 0 Å². The summed E-state index contributed by atoms with van der Waals surface area (Å²) in [7, 11) is 0. The predicted octanol–water partition coefficient (Wildman–Crippen LogP) is 4.82. The molecule has 0 spiro atoms. The maximum Gasteiger partial charge on any atom is 0.303 e. The number of ether oxygens (including phenoxy) is 1. The van der Waals surface area contributed by atoms with Gasteiger partial charge < -0.3 is 4.74 Å². The summed E-state index contributed by atoms with van der Waals surface area (Å²) in [5.74, 6) is -0.250. The Kier molecular flexibility index (Phi) is 6.86. The summed E-state index contributed by atoms with van der Waals surface area (Å²) >= 11 is 0. The van der Waals surface area contributed by atoms with Crippen molar-refractivity contribution in [1.82, 2.24) is 0 Å². The van der Waals surface area contributed by atoms with E-state index in [1.165, 1.54) is 12.5 Å². The summed E-state index contributed by atoms with van der Waals surface area (Å²) < 4.78 is 5.36. The molecule has 0 aliphatic heterocycles. The van der Waals surface area contributed by atoms with Gasteiger partial charge >= 0.3 is 5.97 Å². The second-order valence-corrected chi connectivity index (χ2v) is 5.33. The van der Waals surface area contributed by atoms with Crippen LogP contribution in [0.25, 0.3) is 6.08 Å². The fourth-order valence-electron chi connectivity index (χ4n) is 2.28. The van der Waals surface area contributed by atoms with Crippen LogP contribution in [0.3, 0.4) is 0 Å². The maximum absolute atomic E-state index is 11.2. The van der Waals surface area contributed by atoms with Gasteiger partial charge in [-0.25, -0.2) is 0 Å². The molecule has 0 saturated heterocycles. The first-order chi connectivity index (χ1) is 11.2. The molecule has 2 nitrogen and oxygen atoms in total. The highest BCUT2D eigenvalue weighted by Gasteiger charge is 2.08. The topological polar surface area (TPSA) is 26.3 Å². The van der Waals surface area contributed by atoms with Crippen molar-refractivity contribution in [3.05, 3.63) is 90.0 Å². The first-order valence-electron chi connectivity index (χ1n) is 7.85. The molecule has 0 saturated carbocycles. The minimum atomic E-state index is -0.250. The zero-order valence-electron chi connectivity index (χ0n) is 13.4. The van der Waals surface area contributed by atoms with Gasteiger partial charge in [-0.1, -0.05) is 78.9 Å². The number of carbonyl (C=O) groups excluding carboxylic acids is 1. The number of aryl methyl sites for hydroxylation is 1. The molecule has 0 N–H and O–H groups in total. The Hall–Kier alpha value is -2.61. The molecule has 2 rings (SSSR count). The molecule has 1 atom stereocenters. The molecule has 23 heavy (non-hydrogen) atoms. The third kappa shape index (κ3) is 6.79. The molecule has 2 heteroatoms. The molecule has 118 valence electrons. The van der Waals surface area contributed by atoms with Crippen molar-refractivity contribution in [2.75, 3.05) is 0 Å². The van der Waals surface area contributed by atoms with E-state index in [0.717, 1.165) is 18.4 Å². The Bertz CT molecular complexity index is 642. The van der Waals surface area contributed by atoms with Gasteiger partial charge in [-0.3, -0.25) is 4.79 Å². The number of allylic oxidation sites excluding steroid dienone is 2. The Morgan fingerprint density at radius 3 is 2.30 bits per heavy atom. The molecule has 0 aliphatic rings. The van der Waals surface area contributed by atoms with E-state index in [0.29, 0.717) is 0 Å².